The Morgan fingerprint density at radius 3 is 2.29 bits per heavy atom. The Kier molecular flexibility index (Phi) is 4.34. The summed E-state index contributed by atoms with van der Waals surface area (Å²) in [7, 11) is 0. The molecule has 0 unspecified atom stereocenters. The van der Waals surface area contributed by atoms with Crippen molar-refractivity contribution in [1.82, 2.24) is 4.98 Å². The van der Waals surface area contributed by atoms with E-state index in [2.05, 4.69) is 45.7 Å². The molecule has 0 bridgehead atoms. The standard InChI is InChI=1S/C18H30N2O/c1-6-7-21-15-8-14(9-20-10-15)18(19)12-16(2,3)11-17(4,5)13-18/h8-10H,6-7,11-13,19H2,1-5H3. The van der Waals surface area contributed by atoms with Gasteiger partial charge in [-0.1, -0.05) is 34.6 Å². The molecule has 1 fully saturated rings. The second-order valence-corrected chi connectivity index (χ2v) is 8.27. The minimum atomic E-state index is -0.316. The number of hydrogen-bond acceptors (Lipinski definition) is 3. The SMILES string of the molecule is CCCOc1cncc(C2(N)CC(C)(C)CC(C)(C)C2)c1. The largest absolute Gasteiger partial charge is 0.492 e. The summed E-state index contributed by atoms with van der Waals surface area (Å²) in [4.78, 5) is 4.35. The van der Waals surface area contributed by atoms with E-state index in [1.807, 2.05) is 6.20 Å². The molecule has 0 saturated heterocycles. The van der Waals surface area contributed by atoms with Crippen molar-refractivity contribution >= 4 is 0 Å². The lowest BCUT2D eigenvalue weighted by molar-refractivity contribution is 0.0467. The first-order valence-electron chi connectivity index (χ1n) is 8.03. The van der Waals surface area contributed by atoms with Crippen LogP contribution in [0, 0.1) is 10.8 Å². The van der Waals surface area contributed by atoms with E-state index in [1.54, 1.807) is 6.20 Å². The maximum absolute atomic E-state index is 6.83. The predicted molar refractivity (Wildman–Crippen MR) is 87.3 cm³/mol. The summed E-state index contributed by atoms with van der Waals surface area (Å²) in [6.07, 6.45) is 7.87. The van der Waals surface area contributed by atoms with Crippen molar-refractivity contribution in [3.8, 4) is 5.75 Å². The van der Waals surface area contributed by atoms with Gasteiger partial charge in [-0.15, -0.1) is 0 Å². The van der Waals surface area contributed by atoms with Crippen LogP contribution in [0.2, 0.25) is 0 Å². The molecule has 1 aromatic heterocycles. The van der Waals surface area contributed by atoms with Crippen LogP contribution < -0.4 is 10.5 Å². The van der Waals surface area contributed by atoms with E-state index in [0.717, 1.165) is 37.2 Å². The van der Waals surface area contributed by atoms with Crippen LogP contribution in [-0.2, 0) is 5.54 Å². The summed E-state index contributed by atoms with van der Waals surface area (Å²) in [5.74, 6) is 0.834. The molecule has 0 amide bonds. The van der Waals surface area contributed by atoms with E-state index in [4.69, 9.17) is 10.5 Å². The third-order valence-corrected chi connectivity index (χ3v) is 4.31. The minimum absolute atomic E-state index is 0.247. The number of rotatable bonds is 4. The van der Waals surface area contributed by atoms with E-state index in [1.165, 1.54) is 6.42 Å². The fourth-order valence-corrected chi connectivity index (χ4v) is 4.38. The Hall–Kier alpha value is -1.09. The maximum Gasteiger partial charge on any atom is 0.137 e. The van der Waals surface area contributed by atoms with Crippen LogP contribution in [0.3, 0.4) is 0 Å². The molecule has 21 heavy (non-hydrogen) atoms. The molecule has 1 saturated carbocycles. The normalized spacial score (nSPS) is 22.8. The molecule has 0 aromatic carbocycles. The second-order valence-electron chi connectivity index (χ2n) is 8.27. The van der Waals surface area contributed by atoms with Gasteiger partial charge >= 0.3 is 0 Å². The Labute approximate surface area is 129 Å². The first kappa shape index (κ1) is 16.3. The molecule has 0 atom stereocenters. The third-order valence-electron chi connectivity index (χ3n) is 4.31. The van der Waals surface area contributed by atoms with Gasteiger partial charge in [0.2, 0.25) is 0 Å². The molecule has 118 valence electrons. The van der Waals surface area contributed by atoms with E-state index < -0.39 is 0 Å². The zero-order chi connectivity index (χ0) is 15.7. The number of nitrogens with zero attached hydrogens (tertiary/aromatic N) is 1. The van der Waals surface area contributed by atoms with Gasteiger partial charge in [-0.3, -0.25) is 4.98 Å². The molecule has 2 rings (SSSR count). The molecule has 1 heterocycles. The molecule has 3 heteroatoms. The number of pyridine rings is 1. The van der Waals surface area contributed by atoms with Crippen LogP contribution in [0.1, 0.15) is 65.9 Å². The number of aromatic nitrogens is 1. The van der Waals surface area contributed by atoms with Crippen LogP contribution in [-0.4, -0.2) is 11.6 Å². The molecule has 1 aromatic rings. The predicted octanol–water partition coefficient (Wildman–Crippen LogP) is 4.26. The van der Waals surface area contributed by atoms with Crippen molar-refractivity contribution < 1.29 is 4.74 Å². The lowest BCUT2D eigenvalue weighted by Crippen LogP contribution is -2.49. The molecule has 1 aliphatic rings. The lowest BCUT2D eigenvalue weighted by atomic mass is 9.57. The quantitative estimate of drug-likeness (QED) is 0.901. The summed E-state index contributed by atoms with van der Waals surface area (Å²) in [5, 5.41) is 0. The first-order valence-corrected chi connectivity index (χ1v) is 8.03. The van der Waals surface area contributed by atoms with Crippen molar-refractivity contribution in [1.29, 1.82) is 0 Å². The Bertz CT molecular complexity index is 478. The molecule has 0 aliphatic heterocycles. The van der Waals surface area contributed by atoms with Crippen LogP contribution in [0.15, 0.2) is 18.5 Å². The van der Waals surface area contributed by atoms with E-state index in [-0.39, 0.29) is 16.4 Å². The highest BCUT2D eigenvalue weighted by atomic mass is 16.5. The van der Waals surface area contributed by atoms with Gasteiger partial charge in [0.05, 0.1) is 12.8 Å². The minimum Gasteiger partial charge on any atom is -0.492 e. The van der Waals surface area contributed by atoms with Crippen LogP contribution in [0.4, 0.5) is 0 Å². The summed E-state index contributed by atoms with van der Waals surface area (Å²) in [5.41, 5.74) is 8.12. The van der Waals surface area contributed by atoms with Gasteiger partial charge in [0, 0.05) is 11.7 Å². The Morgan fingerprint density at radius 2 is 1.71 bits per heavy atom. The molecule has 0 radical (unpaired) electrons. The van der Waals surface area contributed by atoms with Crippen LogP contribution >= 0.6 is 0 Å². The zero-order valence-electron chi connectivity index (χ0n) is 14.2. The van der Waals surface area contributed by atoms with Gasteiger partial charge in [0.25, 0.3) is 0 Å². The van der Waals surface area contributed by atoms with Crippen molar-refractivity contribution in [2.45, 2.75) is 65.8 Å². The summed E-state index contributed by atoms with van der Waals surface area (Å²) < 4.78 is 5.72. The van der Waals surface area contributed by atoms with Crippen molar-refractivity contribution in [2.24, 2.45) is 16.6 Å². The van der Waals surface area contributed by atoms with Crippen molar-refractivity contribution in [3.05, 3.63) is 24.0 Å². The average Bonchev–Trinajstić information content (AvgIpc) is 2.32. The van der Waals surface area contributed by atoms with Crippen molar-refractivity contribution in [3.63, 3.8) is 0 Å². The Balaban J connectivity index is 2.30. The first-order chi connectivity index (χ1) is 9.66. The highest BCUT2D eigenvalue weighted by Gasteiger charge is 2.46. The molecule has 3 nitrogen and oxygen atoms in total. The topological polar surface area (TPSA) is 48.1 Å². The summed E-state index contributed by atoms with van der Waals surface area (Å²) in [6.45, 7) is 12.1. The van der Waals surface area contributed by atoms with Gasteiger partial charge in [-0.2, -0.15) is 0 Å². The molecule has 2 N–H and O–H groups in total. The third kappa shape index (κ3) is 3.97. The molecule has 0 spiro atoms. The second kappa shape index (κ2) is 5.60. The van der Waals surface area contributed by atoms with Gasteiger partial charge < -0.3 is 10.5 Å². The van der Waals surface area contributed by atoms with E-state index in [0.29, 0.717) is 0 Å². The van der Waals surface area contributed by atoms with Crippen molar-refractivity contribution in [2.75, 3.05) is 6.61 Å². The van der Waals surface area contributed by atoms with Gasteiger partial charge in [0.1, 0.15) is 5.75 Å². The summed E-state index contributed by atoms with van der Waals surface area (Å²) >= 11 is 0. The number of hydrogen-bond donors (Lipinski definition) is 1. The molecular weight excluding hydrogens is 260 g/mol. The fraction of sp³-hybridized carbons (Fsp3) is 0.722. The monoisotopic (exact) mass is 290 g/mol. The maximum atomic E-state index is 6.83. The number of nitrogens with two attached hydrogens (primary N) is 1. The fourth-order valence-electron chi connectivity index (χ4n) is 4.38. The highest BCUT2D eigenvalue weighted by Crippen LogP contribution is 2.52. The summed E-state index contributed by atoms with van der Waals surface area (Å²) in [6, 6.07) is 2.08. The zero-order valence-corrected chi connectivity index (χ0v) is 14.2. The van der Waals surface area contributed by atoms with Gasteiger partial charge in [-0.25, -0.2) is 0 Å². The average molecular weight is 290 g/mol. The van der Waals surface area contributed by atoms with Crippen LogP contribution in [0.5, 0.6) is 5.75 Å². The lowest BCUT2D eigenvalue weighted by Gasteiger charge is -2.50. The number of ether oxygens (including phenoxy) is 1. The molecular formula is C18H30N2O. The van der Waals surface area contributed by atoms with Crippen LogP contribution in [0.25, 0.3) is 0 Å². The van der Waals surface area contributed by atoms with E-state index >= 15 is 0 Å². The Morgan fingerprint density at radius 1 is 1.10 bits per heavy atom. The van der Waals surface area contributed by atoms with Gasteiger partial charge in [0.15, 0.2) is 0 Å². The molecule has 1 aliphatic carbocycles. The highest BCUT2D eigenvalue weighted by molar-refractivity contribution is 5.30. The van der Waals surface area contributed by atoms with E-state index in [9.17, 15) is 0 Å². The smallest absolute Gasteiger partial charge is 0.137 e. The van der Waals surface area contributed by atoms with Gasteiger partial charge in [-0.05, 0) is 48.1 Å².